The lowest BCUT2D eigenvalue weighted by molar-refractivity contribution is -0.191. The van der Waals surface area contributed by atoms with Gasteiger partial charge in [0, 0.05) is 0 Å². The van der Waals surface area contributed by atoms with Gasteiger partial charge < -0.3 is 9.84 Å². The van der Waals surface area contributed by atoms with E-state index in [9.17, 15) is 18.3 Å². The van der Waals surface area contributed by atoms with Gasteiger partial charge in [0.05, 0.1) is 6.54 Å². The molecule has 114 valence electrons. The summed E-state index contributed by atoms with van der Waals surface area (Å²) in [4.78, 5) is 4.17. The van der Waals surface area contributed by atoms with Crippen molar-refractivity contribution in [1.82, 2.24) is 5.48 Å². The van der Waals surface area contributed by atoms with Crippen LogP contribution in [-0.2, 0) is 4.84 Å². The van der Waals surface area contributed by atoms with Crippen molar-refractivity contribution < 1.29 is 27.9 Å². The Morgan fingerprint density at radius 2 is 1.80 bits per heavy atom. The van der Waals surface area contributed by atoms with E-state index in [0.29, 0.717) is 5.75 Å². The van der Waals surface area contributed by atoms with E-state index >= 15 is 0 Å². The summed E-state index contributed by atoms with van der Waals surface area (Å²) in [5.41, 5.74) is 4.11. The van der Waals surface area contributed by atoms with Gasteiger partial charge in [-0.15, -0.1) is 0 Å². The molecule has 4 nitrogen and oxygen atoms in total. The third-order valence-corrected chi connectivity index (χ3v) is 2.29. The van der Waals surface area contributed by atoms with E-state index in [-0.39, 0.29) is 13.2 Å². The largest absolute Gasteiger partial charge is 0.491 e. The van der Waals surface area contributed by atoms with Crippen LogP contribution in [0.5, 0.6) is 5.75 Å². The van der Waals surface area contributed by atoms with E-state index in [2.05, 4.69) is 10.3 Å². The minimum Gasteiger partial charge on any atom is -0.491 e. The average molecular weight is 293 g/mol. The normalized spacial score (nSPS) is 13.3. The molecule has 1 aromatic carbocycles. The molecule has 0 aliphatic rings. The van der Waals surface area contributed by atoms with Gasteiger partial charge in [-0.3, -0.25) is 4.84 Å². The minimum atomic E-state index is -4.40. The Kier molecular flexibility index (Phi) is 6.25. The van der Waals surface area contributed by atoms with Crippen molar-refractivity contribution in [2.45, 2.75) is 26.1 Å². The maximum absolute atomic E-state index is 11.8. The fourth-order valence-corrected chi connectivity index (χ4v) is 1.56. The molecule has 1 unspecified atom stereocenters. The smallest absolute Gasteiger partial charge is 0.413 e. The molecule has 1 atom stereocenters. The van der Waals surface area contributed by atoms with Gasteiger partial charge in [0.2, 0.25) is 0 Å². The van der Waals surface area contributed by atoms with Gasteiger partial charge in [-0.1, -0.05) is 6.07 Å². The second-order valence-corrected chi connectivity index (χ2v) is 4.54. The molecule has 2 N–H and O–H groups in total. The van der Waals surface area contributed by atoms with Crippen molar-refractivity contribution in [1.29, 1.82) is 0 Å². The topological polar surface area (TPSA) is 50.7 Å². The van der Waals surface area contributed by atoms with E-state index < -0.39 is 18.9 Å². The van der Waals surface area contributed by atoms with Gasteiger partial charge in [-0.25, -0.2) is 0 Å². The summed E-state index contributed by atoms with van der Waals surface area (Å²) in [6, 6.07) is 5.61. The van der Waals surface area contributed by atoms with Crippen LogP contribution in [0.4, 0.5) is 13.2 Å². The molecule has 1 aromatic rings. The number of aryl methyl sites for hydroxylation is 2. The third-order valence-electron chi connectivity index (χ3n) is 2.29. The van der Waals surface area contributed by atoms with Crippen LogP contribution in [0.1, 0.15) is 11.1 Å². The van der Waals surface area contributed by atoms with Crippen molar-refractivity contribution >= 4 is 0 Å². The number of benzene rings is 1. The Morgan fingerprint density at radius 1 is 1.20 bits per heavy atom. The lowest BCUT2D eigenvalue weighted by Gasteiger charge is -2.14. The van der Waals surface area contributed by atoms with Gasteiger partial charge in [-0.05, 0) is 37.1 Å². The summed E-state index contributed by atoms with van der Waals surface area (Å²) >= 11 is 0. The predicted octanol–water partition coefficient (Wildman–Crippen LogP) is 2.13. The SMILES string of the molecule is Cc1cc(C)cc(OCC(O)CNOCC(F)(F)F)c1. The maximum atomic E-state index is 11.8. The molecular formula is C13H18F3NO3. The summed E-state index contributed by atoms with van der Waals surface area (Å²) in [7, 11) is 0. The van der Waals surface area contributed by atoms with E-state index in [1.165, 1.54) is 0 Å². The Hall–Kier alpha value is -1.31. The first kappa shape index (κ1) is 16.7. The monoisotopic (exact) mass is 293 g/mol. The summed E-state index contributed by atoms with van der Waals surface area (Å²) in [5, 5.41) is 9.53. The third kappa shape index (κ3) is 7.32. The molecule has 0 amide bonds. The number of aliphatic hydroxyl groups excluding tert-OH is 1. The number of hydrogen-bond donors (Lipinski definition) is 2. The summed E-state index contributed by atoms with van der Waals surface area (Å²) < 4.78 is 40.7. The van der Waals surface area contributed by atoms with Gasteiger partial charge in [-0.2, -0.15) is 18.7 Å². The zero-order valence-corrected chi connectivity index (χ0v) is 11.3. The first-order valence-electron chi connectivity index (χ1n) is 6.07. The molecule has 0 saturated heterocycles. The fourth-order valence-electron chi connectivity index (χ4n) is 1.56. The standard InChI is InChI=1S/C13H18F3NO3/c1-9-3-10(2)5-12(4-9)19-7-11(18)6-17-20-8-13(14,15)16/h3-5,11,17-18H,6-8H2,1-2H3. The highest BCUT2D eigenvalue weighted by Gasteiger charge is 2.27. The van der Waals surface area contributed by atoms with Crippen LogP contribution < -0.4 is 10.2 Å². The molecule has 0 aliphatic carbocycles. The van der Waals surface area contributed by atoms with Crippen LogP contribution in [-0.4, -0.2) is 37.1 Å². The number of ether oxygens (including phenoxy) is 1. The molecule has 0 radical (unpaired) electrons. The van der Waals surface area contributed by atoms with Crippen molar-refractivity contribution in [3.63, 3.8) is 0 Å². The zero-order chi connectivity index (χ0) is 15.2. The number of nitrogens with one attached hydrogen (secondary N) is 1. The van der Waals surface area contributed by atoms with Gasteiger partial charge >= 0.3 is 6.18 Å². The van der Waals surface area contributed by atoms with E-state index in [4.69, 9.17) is 4.74 Å². The van der Waals surface area contributed by atoms with Crippen LogP contribution in [0.15, 0.2) is 18.2 Å². The fraction of sp³-hybridized carbons (Fsp3) is 0.538. The molecule has 0 aliphatic heterocycles. The van der Waals surface area contributed by atoms with E-state index in [0.717, 1.165) is 11.1 Å². The summed E-state index contributed by atoms with van der Waals surface area (Å²) in [6.07, 6.45) is -5.36. The van der Waals surface area contributed by atoms with E-state index in [1.807, 2.05) is 32.0 Å². The van der Waals surface area contributed by atoms with Crippen molar-refractivity contribution in [3.05, 3.63) is 29.3 Å². The molecule has 7 heteroatoms. The second-order valence-electron chi connectivity index (χ2n) is 4.54. The quantitative estimate of drug-likeness (QED) is 0.597. The molecule has 0 fully saturated rings. The van der Waals surface area contributed by atoms with Crippen LogP contribution in [0.2, 0.25) is 0 Å². The highest BCUT2D eigenvalue weighted by molar-refractivity contribution is 5.32. The van der Waals surface area contributed by atoms with Gasteiger partial charge in [0.25, 0.3) is 0 Å². The zero-order valence-electron chi connectivity index (χ0n) is 11.3. The maximum Gasteiger partial charge on any atom is 0.413 e. The van der Waals surface area contributed by atoms with Crippen molar-refractivity contribution in [3.8, 4) is 5.75 Å². The molecule has 0 spiro atoms. The van der Waals surface area contributed by atoms with Gasteiger partial charge in [0.15, 0.2) is 6.61 Å². The van der Waals surface area contributed by atoms with Crippen LogP contribution in [0.25, 0.3) is 0 Å². The predicted molar refractivity (Wildman–Crippen MR) is 67.4 cm³/mol. The van der Waals surface area contributed by atoms with E-state index in [1.54, 1.807) is 0 Å². The minimum absolute atomic E-state index is 0.0364. The van der Waals surface area contributed by atoms with Crippen LogP contribution >= 0.6 is 0 Å². The lowest BCUT2D eigenvalue weighted by atomic mass is 10.1. The number of hydrogen-bond acceptors (Lipinski definition) is 4. The molecule has 0 bridgehead atoms. The van der Waals surface area contributed by atoms with Crippen molar-refractivity contribution in [2.75, 3.05) is 19.8 Å². The first-order valence-corrected chi connectivity index (χ1v) is 6.07. The highest BCUT2D eigenvalue weighted by Crippen LogP contribution is 2.16. The highest BCUT2D eigenvalue weighted by atomic mass is 19.4. The molecule has 20 heavy (non-hydrogen) atoms. The van der Waals surface area contributed by atoms with Crippen molar-refractivity contribution in [2.24, 2.45) is 0 Å². The Labute approximate surface area is 115 Å². The lowest BCUT2D eigenvalue weighted by Crippen LogP contribution is -2.34. The molecule has 1 rings (SSSR count). The van der Waals surface area contributed by atoms with Crippen LogP contribution in [0.3, 0.4) is 0 Å². The number of halogens is 3. The Balaban J connectivity index is 2.24. The molecule has 0 saturated carbocycles. The van der Waals surface area contributed by atoms with Gasteiger partial charge in [0.1, 0.15) is 18.5 Å². The molecule has 0 aromatic heterocycles. The summed E-state index contributed by atoms with van der Waals surface area (Å²) in [6.45, 7) is 2.25. The Bertz CT molecular complexity index is 404. The number of aliphatic hydroxyl groups is 1. The number of alkyl halides is 3. The number of hydroxylamine groups is 1. The van der Waals surface area contributed by atoms with Crippen LogP contribution in [0, 0.1) is 13.8 Å². The first-order chi connectivity index (χ1) is 9.26. The number of rotatable bonds is 7. The Morgan fingerprint density at radius 3 is 2.35 bits per heavy atom. The molecular weight excluding hydrogens is 275 g/mol. The average Bonchev–Trinajstić information content (AvgIpc) is 2.30. The summed E-state index contributed by atoms with van der Waals surface area (Å²) in [5.74, 6) is 0.609. The second kappa shape index (κ2) is 7.47. The molecule has 0 heterocycles.